The second-order valence-electron chi connectivity index (χ2n) is 7.05. The predicted octanol–water partition coefficient (Wildman–Crippen LogP) is 4.31. The Bertz CT molecular complexity index is 1090. The Labute approximate surface area is 172 Å². The standard InChI is InChI=1S/C23H24N2O3S/c1-17-13-18(2)15-20(14-17)24-23(26)16-19-9-11-21(12-10-19)25(3)29(27,28)22-7-5-4-6-8-22/h4-15H,16H2,1-3H3,(H,24,26). The van der Waals surface area contributed by atoms with Gasteiger partial charge < -0.3 is 5.32 Å². The van der Waals surface area contributed by atoms with E-state index in [1.165, 1.54) is 11.4 Å². The van der Waals surface area contributed by atoms with Gasteiger partial charge >= 0.3 is 0 Å². The number of sulfonamides is 1. The van der Waals surface area contributed by atoms with Crippen LogP contribution < -0.4 is 9.62 Å². The lowest BCUT2D eigenvalue weighted by Gasteiger charge is -2.19. The van der Waals surface area contributed by atoms with Gasteiger partial charge in [-0.1, -0.05) is 36.4 Å². The molecule has 0 aliphatic carbocycles. The molecule has 0 unspecified atom stereocenters. The number of hydrogen-bond donors (Lipinski definition) is 1. The van der Waals surface area contributed by atoms with Gasteiger partial charge in [-0.15, -0.1) is 0 Å². The van der Waals surface area contributed by atoms with Crippen molar-refractivity contribution in [1.82, 2.24) is 0 Å². The van der Waals surface area contributed by atoms with Crippen LogP contribution in [0, 0.1) is 13.8 Å². The summed E-state index contributed by atoms with van der Waals surface area (Å²) in [4.78, 5) is 12.6. The van der Waals surface area contributed by atoms with Crippen LogP contribution in [0.1, 0.15) is 16.7 Å². The van der Waals surface area contributed by atoms with Crippen LogP contribution in [0.15, 0.2) is 77.7 Å². The molecule has 6 heteroatoms. The van der Waals surface area contributed by atoms with E-state index in [9.17, 15) is 13.2 Å². The maximum absolute atomic E-state index is 12.7. The Morgan fingerprint density at radius 3 is 2.07 bits per heavy atom. The van der Waals surface area contributed by atoms with Crippen LogP contribution in [-0.2, 0) is 21.2 Å². The molecule has 0 heterocycles. The van der Waals surface area contributed by atoms with Gasteiger partial charge in [0.15, 0.2) is 0 Å². The Morgan fingerprint density at radius 2 is 1.48 bits per heavy atom. The molecule has 0 aromatic heterocycles. The number of benzene rings is 3. The quantitative estimate of drug-likeness (QED) is 0.661. The van der Waals surface area contributed by atoms with E-state index < -0.39 is 10.0 Å². The summed E-state index contributed by atoms with van der Waals surface area (Å²) in [5, 5.41) is 2.91. The van der Waals surface area contributed by atoms with E-state index in [1.807, 2.05) is 32.0 Å². The van der Waals surface area contributed by atoms with Crippen LogP contribution in [0.3, 0.4) is 0 Å². The summed E-state index contributed by atoms with van der Waals surface area (Å²) in [5.74, 6) is -0.118. The lowest BCUT2D eigenvalue weighted by molar-refractivity contribution is -0.115. The molecule has 0 radical (unpaired) electrons. The molecule has 0 aliphatic heterocycles. The smallest absolute Gasteiger partial charge is 0.264 e. The highest BCUT2D eigenvalue weighted by Gasteiger charge is 2.20. The molecule has 0 aliphatic rings. The Hall–Kier alpha value is -3.12. The summed E-state index contributed by atoms with van der Waals surface area (Å²) in [5.41, 5.74) is 4.30. The first-order valence-electron chi connectivity index (χ1n) is 9.27. The zero-order valence-corrected chi connectivity index (χ0v) is 17.5. The molecule has 0 bridgehead atoms. The van der Waals surface area contributed by atoms with Crippen molar-refractivity contribution in [1.29, 1.82) is 0 Å². The molecule has 0 fully saturated rings. The minimum absolute atomic E-state index is 0.118. The predicted molar refractivity (Wildman–Crippen MR) is 117 cm³/mol. The molecular weight excluding hydrogens is 384 g/mol. The van der Waals surface area contributed by atoms with Crippen LogP contribution in [0.4, 0.5) is 11.4 Å². The SMILES string of the molecule is Cc1cc(C)cc(NC(=O)Cc2ccc(N(C)S(=O)(=O)c3ccccc3)cc2)c1. The average Bonchev–Trinajstić information content (AvgIpc) is 2.67. The first kappa shape index (κ1) is 20.6. The Balaban J connectivity index is 1.69. The van der Waals surface area contributed by atoms with Gasteiger partial charge in [-0.3, -0.25) is 9.10 Å². The second-order valence-corrected chi connectivity index (χ2v) is 9.02. The highest BCUT2D eigenvalue weighted by atomic mass is 32.2. The molecule has 0 spiro atoms. The van der Waals surface area contributed by atoms with Crippen molar-refractivity contribution in [3.63, 3.8) is 0 Å². The number of carbonyl (C=O) groups excluding carboxylic acids is 1. The maximum atomic E-state index is 12.7. The number of hydrogen-bond acceptors (Lipinski definition) is 3. The van der Waals surface area contributed by atoms with Crippen LogP contribution in [0.5, 0.6) is 0 Å². The third-order valence-electron chi connectivity index (χ3n) is 4.57. The molecule has 3 aromatic rings. The van der Waals surface area contributed by atoms with E-state index in [-0.39, 0.29) is 17.2 Å². The zero-order valence-electron chi connectivity index (χ0n) is 16.7. The van der Waals surface area contributed by atoms with E-state index in [0.29, 0.717) is 5.69 Å². The molecule has 3 aromatic carbocycles. The molecule has 3 rings (SSSR count). The average molecular weight is 409 g/mol. The molecule has 0 atom stereocenters. The summed E-state index contributed by atoms with van der Waals surface area (Å²) in [7, 11) is -2.10. The highest BCUT2D eigenvalue weighted by molar-refractivity contribution is 7.92. The third kappa shape index (κ3) is 5.03. The number of amides is 1. The molecule has 5 nitrogen and oxygen atoms in total. The van der Waals surface area contributed by atoms with Crippen molar-refractivity contribution in [3.05, 3.63) is 89.5 Å². The lowest BCUT2D eigenvalue weighted by Crippen LogP contribution is -2.26. The molecule has 1 N–H and O–H groups in total. The summed E-state index contributed by atoms with van der Waals surface area (Å²) in [6, 6.07) is 21.2. The first-order chi connectivity index (χ1) is 13.8. The van der Waals surface area contributed by atoms with E-state index in [1.54, 1.807) is 54.6 Å². The monoisotopic (exact) mass is 408 g/mol. The first-order valence-corrected chi connectivity index (χ1v) is 10.7. The van der Waals surface area contributed by atoms with Crippen molar-refractivity contribution in [3.8, 4) is 0 Å². The molecule has 150 valence electrons. The number of anilines is 2. The molecule has 1 amide bonds. The summed E-state index contributed by atoms with van der Waals surface area (Å²) >= 11 is 0. The summed E-state index contributed by atoms with van der Waals surface area (Å²) in [6.07, 6.45) is 0.211. The van der Waals surface area contributed by atoms with Gasteiger partial charge in [0.1, 0.15) is 0 Å². The van der Waals surface area contributed by atoms with Crippen LogP contribution in [0.2, 0.25) is 0 Å². The van der Waals surface area contributed by atoms with Gasteiger partial charge in [0.05, 0.1) is 17.0 Å². The third-order valence-corrected chi connectivity index (χ3v) is 6.37. The van der Waals surface area contributed by atoms with Crippen LogP contribution in [0.25, 0.3) is 0 Å². The Kier molecular flexibility index (Phi) is 6.03. The normalized spacial score (nSPS) is 11.1. The summed E-state index contributed by atoms with van der Waals surface area (Å²) in [6.45, 7) is 3.97. The van der Waals surface area contributed by atoms with Crippen LogP contribution >= 0.6 is 0 Å². The van der Waals surface area contributed by atoms with Crippen molar-refractivity contribution in [2.75, 3.05) is 16.7 Å². The second kappa shape index (κ2) is 8.49. The largest absolute Gasteiger partial charge is 0.326 e. The minimum Gasteiger partial charge on any atom is -0.326 e. The van der Waals surface area contributed by atoms with E-state index in [4.69, 9.17) is 0 Å². The number of nitrogens with one attached hydrogen (secondary N) is 1. The number of carbonyl (C=O) groups is 1. The van der Waals surface area contributed by atoms with Crippen LogP contribution in [-0.4, -0.2) is 21.4 Å². The van der Waals surface area contributed by atoms with Gasteiger partial charge in [-0.2, -0.15) is 0 Å². The van der Waals surface area contributed by atoms with Crippen molar-refractivity contribution < 1.29 is 13.2 Å². The fourth-order valence-corrected chi connectivity index (χ4v) is 4.37. The zero-order chi connectivity index (χ0) is 21.0. The minimum atomic E-state index is -3.62. The van der Waals surface area contributed by atoms with Gasteiger partial charge in [0.2, 0.25) is 5.91 Å². The number of rotatable bonds is 6. The van der Waals surface area contributed by atoms with Gasteiger partial charge in [0, 0.05) is 12.7 Å². The molecular formula is C23H24N2O3S. The van der Waals surface area contributed by atoms with Gasteiger partial charge in [-0.05, 0) is 66.9 Å². The molecule has 0 saturated carbocycles. The molecule has 29 heavy (non-hydrogen) atoms. The van der Waals surface area contributed by atoms with Crippen molar-refractivity contribution in [2.24, 2.45) is 0 Å². The van der Waals surface area contributed by atoms with Gasteiger partial charge in [0.25, 0.3) is 10.0 Å². The van der Waals surface area contributed by atoms with E-state index in [0.717, 1.165) is 22.4 Å². The van der Waals surface area contributed by atoms with E-state index in [2.05, 4.69) is 5.32 Å². The fraction of sp³-hybridized carbons (Fsp3) is 0.174. The Morgan fingerprint density at radius 1 is 0.897 bits per heavy atom. The van der Waals surface area contributed by atoms with E-state index >= 15 is 0 Å². The van der Waals surface area contributed by atoms with Crippen molar-refractivity contribution in [2.45, 2.75) is 25.2 Å². The summed E-state index contributed by atoms with van der Waals surface area (Å²) < 4.78 is 26.7. The number of aryl methyl sites for hydroxylation is 2. The topological polar surface area (TPSA) is 66.5 Å². The highest BCUT2D eigenvalue weighted by Crippen LogP contribution is 2.22. The fourth-order valence-electron chi connectivity index (χ4n) is 3.15. The maximum Gasteiger partial charge on any atom is 0.264 e. The number of nitrogens with zero attached hydrogens (tertiary/aromatic N) is 1. The lowest BCUT2D eigenvalue weighted by atomic mass is 10.1. The van der Waals surface area contributed by atoms with Crippen molar-refractivity contribution >= 4 is 27.3 Å². The molecule has 0 saturated heterocycles. The van der Waals surface area contributed by atoms with Gasteiger partial charge in [-0.25, -0.2) is 8.42 Å².